The zero-order valence-electron chi connectivity index (χ0n) is 16.8. The van der Waals surface area contributed by atoms with E-state index >= 15 is 0 Å². The second-order valence-corrected chi connectivity index (χ2v) is 6.88. The first kappa shape index (κ1) is 22.2. The number of hydrogen-bond acceptors (Lipinski definition) is 3. The van der Waals surface area contributed by atoms with Gasteiger partial charge in [-0.1, -0.05) is 44.2 Å². The molecular weight excluding hydrogens is 340 g/mol. The fourth-order valence-electron chi connectivity index (χ4n) is 2.30. The second kappa shape index (κ2) is 11.0. The number of carbonyl (C=O) groups excluding carboxylic acids is 2. The summed E-state index contributed by atoms with van der Waals surface area (Å²) in [6.45, 7) is 10.2. The van der Waals surface area contributed by atoms with Gasteiger partial charge in [-0.2, -0.15) is 0 Å². The number of rotatable bonds is 8. The van der Waals surface area contributed by atoms with Crippen LogP contribution in [0.1, 0.15) is 50.5 Å². The smallest absolute Gasteiger partial charge is 0.414 e. The summed E-state index contributed by atoms with van der Waals surface area (Å²) in [5, 5.41) is 0. The van der Waals surface area contributed by atoms with Gasteiger partial charge in [-0.15, -0.1) is 0 Å². The summed E-state index contributed by atoms with van der Waals surface area (Å²) in [5.41, 5.74) is 7.57. The summed E-state index contributed by atoms with van der Waals surface area (Å²) in [5.74, 6) is -0.164. The fourth-order valence-corrected chi connectivity index (χ4v) is 2.30. The molecule has 27 heavy (non-hydrogen) atoms. The summed E-state index contributed by atoms with van der Waals surface area (Å²) in [7, 11) is 0. The fraction of sp³-hybridized carbons (Fsp3) is 0.364. The molecule has 0 radical (unpaired) electrons. The van der Waals surface area contributed by atoms with Crippen LogP contribution in [0.3, 0.4) is 0 Å². The molecule has 1 aromatic carbocycles. The molecule has 0 bridgehead atoms. The van der Waals surface area contributed by atoms with Gasteiger partial charge in [0.05, 0.1) is 6.10 Å². The second-order valence-electron chi connectivity index (χ2n) is 6.88. The van der Waals surface area contributed by atoms with Crippen LogP contribution >= 0.6 is 0 Å². The van der Waals surface area contributed by atoms with Crippen molar-refractivity contribution in [3.8, 4) is 0 Å². The minimum Gasteiger partial charge on any atom is -0.446 e. The van der Waals surface area contributed by atoms with Crippen LogP contribution < -0.4 is 5.73 Å². The van der Waals surface area contributed by atoms with Gasteiger partial charge in [-0.05, 0) is 56.0 Å². The average Bonchev–Trinajstić information content (AvgIpc) is 2.59. The molecule has 5 heteroatoms. The van der Waals surface area contributed by atoms with E-state index in [0.29, 0.717) is 18.0 Å². The molecule has 0 heterocycles. The molecule has 2 N–H and O–H groups in total. The Morgan fingerprint density at radius 2 is 1.70 bits per heavy atom. The van der Waals surface area contributed by atoms with Crippen molar-refractivity contribution in [1.29, 1.82) is 0 Å². The quantitative estimate of drug-likeness (QED) is 0.670. The lowest BCUT2D eigenvalue weighted by Crippen LogP contribution is -2.31. The number of nitrogens with two attached hydrogens (primary N) is 1. The summed E-state index contributed by atoms with van der Waals surface area (Å²) in [6, 6.07) is 7.04. The summed E-state index contributed by atoms with van der Waals surface area (Å²) < 4.78 is 5.33. The molecule has 0 unspecified atom stereocenters. The van der Waals surface area contributed by atoms with Crippen molar-refractivity contribution in [2.75, 3.05) is 6.54 Å². The summed E-state index contributed by atoms with van der Waals surface area (Å²) >= 11 is 0. The van der Waals surface area contributed by atoms with Crippen LogP contribution in [0.15, 0.2) is 54.8 Å². The third-order valence-corrected chi connectivity index (χ3v) is 3.54. The SMILES string of the molecule is C/C=C/C=C(\C=C\N(CC(C)C)C(=O)OC(C)C)c1ccc(C(N)=O)cc1. The van der Waals surface area contributed by atoms with Crippen LogP contribution in [0.5, 0.6) is 0 Å². The highest BCUT2D eigenvalue weighted by molar-refractivity contribution is 5.93. The molecule has 2 amide bonds. The number of primary amides is 1. The van der Waals surface area contributed by atoms with Crippen LogP contribution in [0.25, 0.3) is 5.57 Å². The maximum atomic E-state index is 12.3. The van der Waals surface area contributed by atoms with Crippen LogP contribution in [0.2, 0.25) is 0 Å². The molecule has 0 fully saturated rings. The van der Waals surface area contributed by atoms with Gasteiger partial charge >= 0.3 is 6.09 Å². The number of ether oxygens (including phenoxy) is 1. The van der Waals surface area contributed by atoms with Gasteiger partial charge in [-0.3, -0.25) is 9.69 Å². The van der Waals surface area contributed by atoms with Crippen molar-refractivity contribution >= 4 is 17.6 Å². The molecule has 0 aliphatic rings. The predicted molar refractivity (Wildman–Crippen MR) is 110 cm³/mol. The number of nitrogens with zero attached hydrogens (tertiary/aromatic N) is 1. The normalized spacial score (nSPS) is 12.3. The molecule has 0 saturated carbocycles. The van der Waals surface area contributed by atoms with Gasteiger partial charge in [0, 0.05) is 18.3 Å². The monoisotopic (exact) mass is 370 g/mol. The van der Waals surface area contributed by atoms with Gasteiger partial charge in [0.1, 0.15) is 0 Å². The maximum absolute atomic E-state index is 12.3. The number of amides is 2. The van der Waals surface area contributed by atoms with Crippen molar-refractivity contribution in [1.82, 2.24) is 4.90 Å². The minimum absolute atomic E-state index is 0.181. The molecule has 0 saturated heterocycles. The lowest BCUT2D eigenvalue weighted by Gasteiger charge is -2.21. The maximum Gasteiger partial charge on any atom is 0.414 e. The highest BCUT2D eigenvalue weighted by atomic mass is 16.6. The van der Waals surface area contributed by atoms with E-state index in [1.807, 2.05) is 71.1 Å². The number of carbonyl (C=O) groups is 2. The molecular formula is C22H30N2O3. The predicted octanol–water partition coefficient (Wildman–Crippen LogP) is 4.76. The van der Waals surface area contributed by atoms with Crippen molar-refractivity contribution in [3.05, 3.63) is 65.9 Å². The van der Waals surface area contributed by atoms with E-state index in [9.17, 15) is 9.59 Å². The lowest BCUT2D eigenvalue weighted by atomic mass is 10.0. The molecule has 5 nitrogen and oxygen atoms in total. The Morgan fingerprint density at radius 3 is 2.19 bits per heavy atom. The number of allylic oxidation sites excluding steroid dienone is 5. The van der Waals surface area contributed by atoms with E-state index < -0.39 is 5.91 Å². The first-order valence-electron chi connectivity index (χ1n) is 9.13. The molecule has 0 aliphatic carbocycles. The zero-order chi connectivity index (χ0) is 20.4. The number of hydrogen-bond donors (Lipinski definition) is 1. The van der Waals surface area contributed by atoms with Gasteiger partial charge in [0.15, 0.2) is 0 Å². The Kier molecular flexibility index (Phi) is 9.06. The topological polar surface area (TPSA) is 72.6 Å². The molecule has 1 rings (SSSR count). The van der Waals surface area contributed by atoms with E-state index in [1.54, 1.807) is 23.2 Å². The van der Waals surface area contributed by atoms with Crippen molar-refractivity contribution < 1.29 is 14.3 Å². The molecule has 0 aliphatic heterocycles. The highest BCUT2D eigenvalue weighted by Crippen LogP contribution is 2.18. The first-order valence-corrected chi connectivity index (χ1v) is 9.13. The van der Waals surface area contributed by atoms with Crippen molar-refractivity contribution in [2.45, 2.75) is 40.7 Å². The highest BCUT2D eigenvalue weighted by Gasteiger charge is 2.15. The Balaban J connectivity index is 3.14. The zero-order valence-corrected chi connectivity index (χ0v) is 16.8. The first-order chi connectivity index (χ1) is 12.7. The largest absolute Gasteiger partial charge is 0.446 e. The third kappa shape index (κ3) is 7.94. The number of benzene rings is 1. The van der Waals surface area contributed by atoms with Gasteiger partial charge in [0.25, 0.3) is 0 Å². The Hall–Kier alpha value is -2.82. The van der Waals surface area contributed by atoms with E-state index in [1.165, 1.54) is 0 Å². The van der Waals surface area contributed by atoms with Gasteiger partial charge in [0.2, 0.25) is 5.91 Å². The minimum atomic E-state index is -0.462. The standard InChI is InChI=1S/C22H30N2O3/c1-6-7-8-18(19-9-11-20(12-10-19)21(23)25)13-14-24(15-16(2)3)22(26)27-17(4)5/h6-14,16-17H,15H2,1-5H3,(H2,23,25)/b7-6+,14-13+,18-8+. The van der Waals surface area contributed by atoms with Crippen molar-refractivity contribution in [2.24, 2.45) is 11.7 Å². The molecule has 0 atom stereocenters. The van der Waals surface area contributed by atoms with E-state index in [2.05, 4.69) is 0 Å². The molecule has 1 aromatic rings. The van der Waals surface area contributed by atoms with E-state index in [-0.39, 0.29) is 12.2 Å². The van der Waals surface area contributed by atoms with Crippen LogP contribution in [0.4, 0.5) is 4.79 Å². The molecule has 0 spiro atoms. The summed E-state index contributed by atoms with van der Waals surface area (Å²) in [6.07, 6.45) is 8.83. The van der Waals surface area contributed by atoms with Crippen LogP contribution in [-0.4, -0.2) is 29.5 Å². The van der Waals surface area contributed by atoms with Crippen LogP contribution in [0, 0.1) is 5.92 Å². The van der Waals surface area contributed by atoms with Gasteiger partial charge < -0.3 is 10.5 Å². The third-order valence-electron chi connectivity index (χ3n) is 3.54. The van der Waals surface area contributed by atoms with Crippen molar-refractivity contribution in [3.63, 3.8) is 0 Å². The Labute approximate surface area is 162 Å². The molecule has 0 aromatic heterocycles. The Morgan fingerprint density at radius 1 is 1.11 bits per heavy atom. The van der Waals surface area contributed by atoms with E-state index in [4.69, 9.17) is 10.5 Å². The van der Waals surface area contributed by atoms with Crippen LogP contribution in [-0.2, 0) is 4.74 Å². The van der Waals surface area contributed by atoms with E-state index in [0.717, 1.165) is 11.1 Å². The molecule has 146 valence electrons. The Bertz CT molecular complexity index is 714. The summed E-state index contributed by atoms with van der Waals surface area (Å²) in [4.78, 5) is 25.2. The van der Waals surface area contributed by atoms with Gasteiger partial charge in [-0.25, -0.2) is 4.79 Å². The average molecular weight is 370 g/mol. The lowest BCUT2D eigenvalue weighted by molar-refractivity contribution is 0.0866.